The van der Waals surface area contributed by atoms with Crippen molar-refractivity contribution >= 4 is 0 Å². The zero-order valence-electron chi connectivity index (χ0n) is 8.83. The van der Waals surface area contributed by atoms with Gasteiger partial charge in [-0.15, -0.1) is 0 Å². The molecule has 1 fully saturated rings. The van der Waals surface area contributed by atoms with E-state index in [4.69, 9.17) is 0 Å². The van der Waals surface area contributed by atoms with Crippen molar-refractivity contribution in [3.8, 4) is 0 Å². The third kappa shape index (κ3) is 2.07. The third-order valence-electron chi connectivity index (χ3n) is 3.13. The van der Waals surface area contributed by atoms with Crippen LogP contribution < -0.4 is 0 Å². The van der Waals surface area contributed by atoms with Crippen molar-refractivity contribution in [3.05, 3.63) is 35.4 Å². The van der Waals surface area contributed by atoms with E-state index >= 15 is 0 Å². The smallest absolute Gasteiger partial charge is 0.393 e. The summed E-state index contributed by atoms with van der Waals surface area (Å²) in [6, 6.07) is 5.62. The zero-order chi connectivity index (χ0) is 11.9. The summed E-state index contributed by atoms with van der Waals surface area (Å²) < 4.78 is 38.1. The molecule has 16 heavy (non-hydrogen) atoms. The predicted molar refractivity (Wildman–Crippen MR) is 54.0 cm³/mol. The van der Waals surface area contributed by atoms with Gasteiger partial charge in [-0.1, -0.05) is 18.2 Å². The highest BCUT2D eigenvalue weighted by molar-refractivity contribution is 5.36. The van der Waals surface area contributed by atoms with Crippen LogP contribution in [-0.2, 0) is 6.18 Å². The number of halogens is 3. The van der Waals surface area contributed by atoms with Gasteiger partial charge in [0.25, 0.3) is 0 Å². The first kappa shape index (κ1) is 11.5. The summed E-state index contributed by atoms with van der Waals surface area (Å²) in [6.07, 6.45) is -4.20. The van der Waals surface area contributed by atoms with E-state index in [9.17, 15) is 18.3 Å². The molecule has 1 aliphatic rings. The lowest BCUT2D eigenvalue weighted by Crippen LogP contribution is -2.10. The van der Waals surface area contributed by atoms with E-state index in [2.05, 4.69) is 0 Å². The minimum absolute atomic E-state index is 0.0245. The van der Waals surface area contributed by atoms with Gasteiger partial charge in [-0.05, 0) is 36.8 Å². The fraction of sp³-hybridized carbons (Fsp3) is 0.500. The topological polar surface area (TPSA) is 20.2 Å². The van der Waals surface area contributed by atoms with Crippen LogP contribution in [0, 0.1) is 5.92 Å². The summed E-state index contributed by atoms with van der Waals surface area (Å²) in [5.74, 6) is -0.165. The van der Waals surface area contributed by atoms with Crippen molar-refractivity contribution in [2.75, 3.05) is 0 Å². The standard InChI is InChI=1S/C12H13F3O/c1-7(16)9-6-10(9)8-4-2-3-5-11(8)12(13,14)15/h2-5,7,9-10,16H,6H2,1H3/t7-,9-,10+/m0/s1. The molecule has 4 heteroatoms. The van der Waals surface area contributed by atoms with Crippen LogP contribution in [0.2, 0.25) is 0 Å². The first-order chi connectivity index (χ1) is 7.41. The molecular formula is C12H13F3O. The Morgan fingerprint density at radius 1 is 1.31 bits per heavy atom. The fourth-order valence-electron chi connectivity index (χ4n) is 2.18. The maximum Gasteiger partial charge on any atom is 0.416 e. The van der Waals surface area contributed by atoms with E-state index in [-0.39, 0.29) is 11.8 Å². The minimum atomic E-state index is -4.30. The van der Waals surface area contributed by atoms with Crippen molar-refractivity contribution < 1.29 is 18.3 Å². The summed E-state index contributed by atoms with van der Waals surface area (Å²) in [5, 5.41) is 9.34. The second kappa shape index (κ2) is 3.77. The highest BCUT2D eigenvalue weighted by Crippen LogP contribution is 2.52. The molecule has 1 aromatic carbocycles. The Labute approximate surface area is 91.9 Å². The zero-order valence-corrected chi connectivity index (χ0v) is 8.83. The van der Waals surface area contributed by atoms with Gasteiger partial charge in [0.15, 0.2) is 0 Å². The maximum absolute atomic E-state index is 12.7. The molecule has 1 nitrogen and oxygen atoms in total. The van der Waals surface area contributed by atoms with Gasteiger partial charge in [0.2, 0.25) is 0 Å². The van der Waals surface area contributed by atoms with Crippen molar-refractivity contribution in [2.24, 2.45) is 5.92 Å². The van der Waals surface area contributed by atoms with E-state index in [0.29, 0.717) is 12.0 Å². The van der Waals surface area contributed by atoms with Crippen LogP contribution in [0.5, 0.6) is 0 Å². The van der Waals surface area contributed by atoms with Crippen LogP contribution in [0.1, 0.15) is 30.4 Å². The van der Waals surface area contributed by atoms with Crippen LogP contribution >= 0.6 is 0 Å². The monoisotopic (exact) mass is 230 g/mol. The number of aliphatic hydroxyl groups excluding tert-OH is 1. The van der Waals surface area contributed by atoms with Gasteiger partial charge in [-0.2, -0.15) is 13.2 Å². The molecule has 1 aliphatic carbocycles. The lowest BCUT2D eigenvalue weighted by molar-refractivity contribution is -0.138. The Morgan fingerprint density at radius 2 is 1.94 bits per heavy atom. The molecule has 1 N–H and O–H groups in total. The number of alkyl halides is 3. The largest absolute Gasteiger partial charge is 0.416 e. The number of hydrogen-bond acceptors (Lipinski definition) is 1. The average molecular weight is 230 g/mol. The number of aliphatic hydroxyl groups is 1. The SMILES string of the molecule is C[C@H](O)[C@@H]1C[C@@H]1c1ccccc1C(F)(F)F. The Balaban J connectivity index is 2.29. The lowest BCUT2D eigenvalue weighted by Gasteiger charge is -2.12. The minimum Gasteiger partial charge on any atom is -0.393 e. The molecule has 88 valence electrons. The molecule has 0 heterocycles. The predicted octanol–water partition coefficient (Wildman–Crippen LogP) is 3.19. The van der Waals surface area contributed by atoms with Gasteiger partial charge in [0.05, 0.1) is 11.7 Å². The fourth-order valence-corrected chi connectivity index (χ4v) is 2.18. The van der Waals surface area contributed by atoms with Crippen molar-refractivity contribution in [1.82, 2.24) is 0 Å². The van der Waals surface area contributed by atoms with Gasteiger partial charge in [-0.25, -0.2) is 0 Å². The van der Waals surface area contributed by atoms with Crippen LogP contribution in [0.4, 0.5) is 13.2 Å². The third-order valence-corrected chi connectivity index (χ3v) is 3.13. The molecule has 0 aromatic heterocycles. The summed E-state index contributed by atoms with van der Waals surface area (Å²) in [6.45, 7) is 1.63. The number of benzene rings is 1. The highest BCUT2D eigenvalue weighted by Gasteiger charge is 2.45. The molecule has 1 saturated carbocycles. The van der Waals surface area contributed by atoms with Gasteiger partial charge < -0.3 is 5.11 Å². The van der Waals surface area contributed by atoms with Gasteiger partial charge >= 0.3 is 6.18 Å². The van der Waals surface area contributed by atoms with E-state index in [1.807, 2.05) is 0 Å². The Bertz CT molecular complexity index is 384. The van der Waals surface area contributed by atoms with Gasteiger partial charge in [-0.3, -0.25) is 0 Å². The Hall–Kier alpha value is -1.03. The summed E-state index contributed by atoms with van der Waals surface area (Å²) in [5.41, 5.74) is -0.246. The summed E-state index contributed by atoms with van der Waals surface area (Å²) in [7, 11) is 0. The van der Waals surface area contributed by atoms with Gasteiger partial charge in [0.1, 0.15) is 0 Å². The number of rotatable bonds is 2. The van der Waals surface area contributed by atoms with Crippen LogP contribution in [0.15, 0.2) is 24.3 Å². The molecule has 0 aliphatic heterocycles. The first-order valence-corrected chi connectivity index (χ1v) is 5.25. The molecule has 3 atom stereocenters. The average Bonchev–Trinajstić information content (AvgIpc) is 2.95. The normalized spacial score (nSPS) is 26.6. The first-order valence-electron chi connectivity index (χ1n) is 5.25. The molecule has 0 saturated heterocycles. The van der Waals surface area contributed by atoms with Gasteiger partial charge in [0, 0.05) is 0 Å². The highest BCUT2D eigenvalue weighted by atomic mass is 19.4. The molecule has 2 rings (SSSR count). The second-order valence-corrected chi connectivity index (χ2v) is 4.33. The van der Waals surface area contributed by atoms with Crippen molar-refractivity contribution in [1.29, 1.82) is 0 Å². The molecule has 0 unspecified atom stereocenters. The van der Waals surface area contributed by atoms with E-state index in [1.165, 1.54) is 12.1 Å². The van der Waals surface area contributed by atoms with Crippen LogP contribution in [0.3, 0.4) is 0 Å². The van der Waals surface area contributed by atoms with Crippen molar-refractivity contribution in [2.45, 2.75) is 31.5 Å². The van der Waals surface area contributed by atoms with E-state index < -0.39 is 17.8 Å². The van der Waals surface area contributed by atoms with E-state index in [1.54, 1.807) is 13.0 Å². The van der Waals surface area contributed by atoms with Crippen LogP contribution in [-0.4, -0.2) is 11.2 Å². The summed E-state index contributed by atoms with van der Waals surface area (Å²) in [4.78, 5) is 0. The molecule has 1 aromatic rings. The quantitative estimate of drug-likeness (QED) is 0.827. The Morgan fingerprint density at radius 3 is 2.44 bits per heavy atom. The van der Waals surface area contributed by atoms with Crippen LogP contribution in [0.25, 0.3) is 0 Å². The lowest BCUT2D eigenvalue weighted by atomic mass is 10.0. The molecule has 0 bridgehead atoms. The molecule has 0 amide bonds. The van der Waals surface area contributed by atoms with Crippen molar-refractivity contribution in [3.63, 3.8) is 0 Å². The summed E-state index contributed by atoms with van der Waals surface area (Å²) >= 11 is 0. The number of hydrogen-bond donors (Lipinski definition) is 1. The Kier molecular flexibility index (Phi) is 2.70. The molecule has 0 radical (unpaired) electrons. The molecular weight excluding hydrogens is 217 g/mol. The van der Waals surface area contributed by atoms with E-state index in [0.717, 1.165) is 6.07 Å². The molecule has 0 spiro atoms. The second-order valence-electron chi connectivity index (χ2n) is 4.33. The maximum atomic E-state index is 12.7.